The zero-order valence-electron chi connectivity index (χ0n) is 16.8. The summed E-state index contributed by atoms with van der Waals surface area (Å²) in [5.74, 6) is 2.37. The minimum Gasteiger partial charge on any atom is -0.497 e. The van der Waals surface area contributed by atoms with Crippen molar-refractivity contribution in [2.75, 3.05) is 25.7 Å². The molecule has 2 aliphatic heterocycles. The maximum Gasteiger partial charge on any atom is 0.330 e. The molecule has 4 rings (SSSR count). The van der Waals surface area contributed by atoms with Crippen molar-refractivity contribution in [3.63, 3.8) is 0 Å². The standard InChI is InChI=1S/C21H23BrN4O3/c1-12(2)17-11-26-20(24-17)19-18(7-14(22)9-23-19)25(21(26)27)10-13-5-15(28-3)8-16(6-13)29-4/h5-9,12,17H,10-11H2,1-4H3. The van der Waals surface area contributed by atoms with E-state index in [4.69, 9.17) is 14.5 Å². The van der Waals surface area contributed by atoms with Gasteiger partial charge in [0.15, 0.2) is 5.84 Å². The van der Waals surface area contributed by atoms with Crippen LogP contribution in [0.3, 0.4) is 0 Å². The molecule has 0 fully saturated rings. The van der Waals surface area contributed by atoms with Crippen LogP contribution in [0.2, 0.25) is 0 Å². The first kappa shape index (κ1) is 19.7. The van der Waals surface area contributed by atoms with E-state index in [1.54, 1.807) is 30.2 Å². The van der Waals surface area contributed by atoms with Crippen molar-refractivity contribution in [2.24, 2.45) is 10.9 Å². The van der Waals surface area contributed by atoms with E-state index in [0.29, 0.717) is 36.3 Å². The number of hydrogen-bond donors (Lipinski definition) is 0. The van der Waals surface area contributed by atoms with Crippen LogP contribution < -0.4 is 14.4 Å². The van der Waals surface area contributed by atoms with E-state index in [-0.39, 0.29) is 12.1 Å². The SMILES string of the molecule is COc1cc(CN2C(=O)N3CC(C(C)C)N=C3c3ncc(Br)cc32)cc(OC)c1. The van der Waals surface area contributed by atoms with Gasteiger partial charge in [0, 0.05) is 16.7 Å². The van der Waals surface area contributed by atoms with Gasteiger partial charge in [-0.3, -0.25) is 14.8 Å². The monoisotopic (exact) mass is 458 g/mol. The number of halogens is 1. The van der Waals surface area contributed by atoms with E-state index in [1.807, 2.05) is 24.3 Å². The summed E-state index contributed by atoms with van der Waals surface area (Å²) in [5, 5.41) is 0. The Morgan fingerprint density at radius 1 is 1.17 bits per heavy atom. The molecule has 7 nitrogen and oxygen atoms in total. The number of ether oxygens (including phenoxy) is 2. The number of urea groups is 1. The van der Waals surface area contributed by atoms with Crippen LogP contribution in [0.4, 0.5) is 10.5 Å². The molecule has 1 unspecified atom stereocenters. The van der Waals surface area contributed by atoms with Crippen molar-refractivity contribution in [3.05, 3.63) is 46.2 Å². The molecule has 0 N–H and O–H groups in total. The zero-order chi connectivity index (χ0) is 20.7. The number of carbonyl (C=O) groups excluding carboxylic acids is 1. The van der Waals surface area contributed by atoms with Gasteiger partial charge >= 0.3 is 6.03 Å². The first-order valence-corrected chi connectivity index (χ1v) is 10.2. The lowest BCUT2D eigenvalue weighted by Crippen LogP contribution is -2.50. The lowest BCUT2D eigenvalue weighted by atomic mass is 10.1. The van der Waals surface area contributed by atoms with Gasteiger partial charge in [-0.1, -0.05) is 13.8 Å². The van der Waals surface area contributed by atoms with Gasteiger partial charge in [-0.25, -0.2) is 9.78 Å². The lowest BCUT2D eigenvalue weighted by molar-refractivity contribution is 0.225. The van der Waals surface area contributed by atoms with Crippen LogP contribution in [-0.4, -0.2) is 48.6 Å². The Morgan fingerprint density at radius 3 is 2.48 bits per heavy atom. The second-order valence-corrected chi connectivity index (χ2v) is 8.40. The fraction of sp³-hybridized carbons (Fsp3) is 0.381. The van der Waals surface area contributed by atoms with Gasteiger partial charge in [0.25, 0.3) is 0 Å². The molecule has 2 aliphatic rings. The van der Waals surface area contributed by atoms with Crippen LogP contribution >= 0.6 is 15.9 Å². The molecule has 8 heteroatoms. The molecule has 1 aromatic carbocycles. The van der Waals surface area contributed by atoms with Crippen molar-refractivity contribution in [3.8, 4) is 11.5 Å². The Hall–Kier alpha value is -2.61. The number of amides is 2. The van der Waals surface area contributed by atoms with Crippen molar-refractivity contribution in [2.45, 2.75) is 26.4 Å². The summed E-state index contributed by atoms with van der Waals surface area (Å²) in [6, 6.07) is 7.52. The minimum atomic E-state index is -0.0962. The number of aromatic nitrogens is 1. The summed E-state index contributed by atoms with van der Waals surface area (Å²) in [4.78, 5) is 26.3. The summed E-state index contributed by atoms with van der Waals surface area (Å²) >= 11 is 3.48. The maximum absolute atomic E-state index is 13.4. The average Bonchev–Trinajstić information content (AvgIpc) is 3.16. The van der Waals surface area contributed by atoms with Crippen LogP contribution in [0, 0.1) is 5.92 Å². The van der Waals surface area contributed by atoms with Gasteiger partial charge in [-0.05, 0) is 45.6 Å². The molecule has 2 amide bonds. The second kappa shape index (κ2) is 7.67. The van der Waals surface area contributed by atoms with Gasteiger partial charge in [0.05, 0.1) is 39.0 Å². The molecule has 0 aliphatic carbocycles. The Bertz CT molecular complexity index is 970. The summed E-state index contributed by atoms with van der Waals surface area (Å²) in [7, 11) is 3.22. The fourth-order valence-corrected chi connectivity index (χ4v) is 3.93. The highest BCUT2D eigenvalue weighted by molar-refractivity contribution is 9.10. The van der Waals surface area contributed by atoms with Gasteiger partial charge in [-0.15, -0.1) is 0 Å². The molecule has 29 heavy (non-hydrogen) atoms. The Morgan fingerprint density at radius 2 is 1.86 bits per heavy atom. The zero-order valence-corrected chi connectivity index (χ0v) is 18.4. The van der Waals surface area contributed by atoms with Gasteiger partial charge in [-0.2, -0.15) is 0 Å². The first-order valence-electron chi connectivity index (χ1n) is 9.46. The number of methoxy groups -OCH3 is 2. The molecular weight excluding hydrogens is 436 g/mol. The molecule has 1 aromatic heterocycles. The van der Waals surface area contributed by atoms with E-state index in [9.17, 15) is 4.79 Å². The molecular formula is C21H23BrN4O3. The number of aliphatic imine (C=N–C) groups is 1. The average molecular weight is 459 g/mol. The molecule has 0 saturated carbocycles. The Balaban J connectivity index is 1.76. The number of nitrogens with zero attached hydrogens (tertiary/aromatic N) is 4. The van der Waals surface area contributed by atoms with E-state index in [0.717, 1.165) is 21.4 Å². The van der Waals surface area contributed by atoms with E-state index in [2.05, 4.69) is 34.8 Å². The van der Waals surface area contributed by atoms with Gasteiger partial charge in [0.1, 0.15) is 17.2 Å². The van der Waals surface area contributed by atoms with Crippen LogP contribution in [0.15, 0.2) is 39.9 Å². The van der Waals surface area contributed by atoms with Crippen LogP contribution in [0.5, 0.6) is 11.5 Å². The predicted molar refractivity (Wildman–Crippen MR) is 115 cm³/mol. The highest BCUT2D eigenvalue weighted by Gasteiger charge is 2.41. The number of hydrogen-bond acceptors (Lipinski definition) is 5. The molecule has 3 heterocycles. The summed E-state index contributed by atoms with van der Waals surface area (Å²) < 4.78 is 11.6. The van der Waals surface area contributed by atoms with Crippen LogP contribution in [-0.2, 0) is 6.54 Å². The van der Waals surface area contributed by atoms with E-state index >= 15 is 0 Å². The van der Waals surface area contributed by atoms with E-state index in [1.165, 1.54) is 0 Å². The molecule has 0 bridgehead atoms. The minimum absolute atomic E-state index is 0.0733. The fourth-order valence-electron chi connectivity index (χ4n) is 3.61. The van der Waals surface area contributed by atoms with Crippen molar-refractivity contribution < 1.29 is 14.3 Å². The highest BCUT2D eigenvalue weighted by Crippen LogP contribution is 2.35. The third kappa shape index (κ3) is 3.57. The largest absolute Gasteiger partial charge is 0.497 e. The number of benzene rings is 1. The first-order chi connectivity index (χ1) is 13.9. The van der Waals surface area contributed by atoms with Crippen LogP contribution in [0.1, 0.15) is 25.1 Å². The predicted octanol–water partition coefficient (Wildman–Crippen LogP) is 4.09. The quantitative estimate of drug-likeness (QED) is 0.676. The normalized spacial score (nSPS) is 17.9. The van der Waals surface area contributed by atoms with Crippen LogP contribution in [0.25, 0.3) is 0 Å². The molecule has 2 aromatic rings. The number of fused-ring (bicyclic) bond motifs is 3. The molecule has 1 atom stereocenters. The van der Waals surface area contributed by atoms with Crippen molar-refractivity contribution in [1.29, 1.82) is 0 Å². The number of rotatable bonds is 5. The molecule has 0 radical (unpaired) electrons. The van der Waals surface area contributed by atoms with E-state index < -0.39 is 0 Å². The summed E-state index contributed by atoms with van der Waals surface area (Å²) in [6.45, 7) is 5.18. The number of pyridine rings is 1. The van der Waals surface area contributed by atoms with Crippen molar-refractivity contribution in [1.82, 2.24) is 9.88 Å². The summed E-state index contributed by atoms with van der Waals surface area (Å²) in [5.41, 5.74) is 2.37. The lowest BCUT2D eigenvalue weighted by Gasteiger charge is -2.35. The molecule has 0 saturated heterocycles. The van der Waals surface area contributed by atoms with Crippen molar-refractivity contribution >= 4 is 33.5 Å². The highest BCUT2D eigenvalue weighted by atomic mass is 79.9. The second-order valence-electron chi connectivity index (χ2n) is 7.49. The number of anilines is 1. The number of carbonyl (C=O) groups is 1. The smallest absolute Gasteiger partial charge is 0.330 e. The topological polar surface area (TPSA) is 67.3 Å². The summed E-state index contributed by atoms with van der Waals surface area (Å²) in [6.07, 6.45) is 1.74. The Labute approximate surface area is 178 Å². The molecule has 152 valence electrons. The number of amidine groups is 1. The Kier molecular flexibility index (Phi) is 5.21. The van der Waals surface area contributed by atoms with Gasteiger partial charge < -0.3 is 9.47 Å². The molecule has 0 spiro atoms. The van der Waals surface area contributed by atoms with Gasteiger partial charge in [0.2, 0.25) is 0 Å². The third-order valence-electron chi connectivity index (χ3n) is 5.23. The third-order valence-corrected chi connectivity index (χ3v) is 5.67. The maximum atomic E-state index is 13.4.